The van der Waals surface area contributed by atoms with Crippen molar-refractivity contribution in [3.05, 3.63) is 46.8 Å². The number of rotatable bonds is 3. The smallest absolute Gasteiger partial charge is 0.238 e. The highest BCUT2D eigenvalue weighted by atomic mass is 35.5. The van der Waals surface area contributed by atoms with E-state index >= 15 is 0 Å². The van der Waals surface area contributed by atoms with Crippen molar-refractivity contribution >= 4 is 17.5 Å². The second-order valence-electron chi connectivity index (χ2n) is 6.46. The summed E-state index contributed by atoms with van der Waals surface area (Å²) in [6.45, 7) is 1.17. The lowest BCUT2D eigenvalue weighted by Gasteiger charge is -2.09. The van der Waals surface area contributed by atoms with Gasteiger partial charge in [0.05, 0.1) is 17.9 Å². The maximum atomic E-state index is 6.27. The Labute approximate surface area is 165 Å². The highest BCUT2D eigenvalue weighted by molar-refractivity contribution is 6.31. The van der Waals surface area contributed by atoms with Crippen molar-refractivity contribution in [2.75, 3.05) is 13.7 Å². The topological polar surface area (TPSA) is 79.4 Å². The summed E-state index contributed by atoms with van der Waals surface area (Å²) in [4.78, 5) is 9.02. The first-order valence-corrected chi connectivity index (χ1v) is 9.02. The van der Waals surface area contributed by atoms with E-state index in [9.17, 15) is 0 Å². The van der Waals surface area contributed by atoms with Crippen LogP contribution in [-0.4, -0.2) is 50.0 Å². The van der Waals surface area contributed by atoms with Crippen molar-refractivity contribution in [3.8, 4) is 29.4 Å². The minimum absolute atomic E-state index is 0.293. The molecule has 28 heavy (non-hydrogen) atoms. The summed E-state index contributed by atoms with van der Waals surface area (Å²) >= 11 is 6.27. The first-order chi connectivity index (χ1) is 13.7. The first-order valence-electron chi connectivity index (χ1n) is 8.64. The van der Waals surface area contributed by atoms with Gasteiger partial charge in [0.15, 0.2) is 11.6 Å². The number of halogens is 1. The Morgan fingerprint density at radius 1 is 1.39 bits per heavy atom. The largest absolute Gasteiger partial charge is 0.473 e. The first kappa shape index (κ1) is 17.0. The van der Waals surface area contributed by atoms with E-state index in [2.05, 4.69) is 26.1 Å². The van der Waals surface area contributed by atoms with Crippen LogP contribution in [0.15, 0.2) is 29.5 Å². The number of methoxy groups -OCH3 is 1. The zero-order chi connectivity index (χ0) is 19.3. The number of benzene rings is 1. The molecule has 140 valence electrons. The van der Waals surface area contributed by atoms with Crippen LogP contribution in [-0.2, 0) is 22.6 Å². The van der Waals surface area contributed by atoms with Gasteiger partial charge in [-0.25, -0.2) is 9.98 Å². The maximum absolute atomic E-state index is 6.27. The van der Waals surface area contributed by atoms with Gasteiger partial charge in [-0.1, -0.05) is 17.5 Å². The Balaban J connectivity index is 1.74. The third-order valence-corrected chi connectivity index (χ3v) is 5.02. The van der Waals surface area contributed by atoms with Crippen LogP contribution in [0.5, 0.6) is 0 Å². The normalized spacial score (nSPS) is 17.0. The number of aliphatic imine (C=N–C) groups is 1. The Kier molecular flexibility index (Phi) is 3.93. The summed E-state index contributed by atoms with van der Waals surface area (Å²) in [6, 6.07) is 5.36. The summed E-state index contributed by atoms with van der Waals surface area (Å²) in [5.74, 6) is 4.49. The summed E-state index contributed by atoms with van der Waals surface area (Å²) in [5.41, 5.74) is 3.32. The molecule has 0 spiro atoms. The maximum Gasteiger partial charge on any atom is 0.238 e. The molecule has 3 aromatic rings. The van der Waals surface area contributed by atoms with Crippen LogP contribution in [0.25, 0.3) is 17.1 Å². The van der Waals surface area contributed by atoms with E-state index in [1.165, 1.54) is 0 Å². The molecule has 9 heteroatoms. The molecular formula is C19H15ClN6O2. The number of nitrogens with zero attached hydrogens (tertiary/aromatic N) is 6. The zero-order valence-corrected chi connectivity index (χ0v) is 15.7. The van der Waals surface area contributed by atoms with Gasteiger partial charge < -0.3 is 14.0 Å². The Morgan fingerprint density at radius 3 is 3.07 bits per heavy atom. The molecule has 0 bridgehead atoms. The Bertz CT molecular complexity index is 1160. The molecule has 2 aliphatic rings. The van der Waals surface area contributed by atoms with Gasteiger partial charge in [0, 0.05) is 17.7 Å². The number of hydrogen-bond donors (Lipinski definition) is 0. The second-order valence-corrected chi connectivity index (χ2v) is 6.89. The fourth-order valence-electron chi connectivity index (χ4n) is 3.48. The zero-order valence-electron chi connectivity index (χ0n) is 15.0. The minimum atomic E-state index is -0.293. The molecule has 0 unspecified atom stereocenters. The van der Waals surface area contributed by atoms with Gasteiger partial charge in [-0.3, -0.25) is 4.57 Å². The highest BCUT2D eigenvalue weighted by Gasteiger charge is 2.30. The molecule has 0 aliphatic carbocycles. The van der Waals surface area contributed by atoms with Crippen molar-refractivity contribution in [1.82, 2.24) is 24.3 Å². The molecule has 1 aromatic carbocycles. The van der Waals surface area contributed by atoms with E-state index in [1.807, 2.05) is 27.3 Å². The van der Waals surface area contributed by atoms with E-state index in [4.69, 9.17) is 27.5 Å². The number of fused-ring (bicyclic) bond motifs is 5. The van der Waals surface area contributed by atoms with Gasteiger partial charge in [0.25, 0.3) is 0 Å². The second kappa shape index (κ2) is 6.48. The number of ether oxygens (including phenoxy) is 2. The van der Waals surface area contributed by atoms with Gasteiger partial charge >= 0.3 is 0 Å². The molecule has 0 radical (unpaired) electrons. The molecule has 0 N–H and O–H groups in total. The standard InChI is InChI=1S/C19H15ClN6O2/c1-3-12-8-28-19(22-12)17-15-7-25-16(9-27-2)23-24-18(25)13-6-11(20)4-5-14(13)26(15)10-21-17/h1,4-6,10,12H,7-9H2,2H3/t12-/m0/s1. The average Bonchev–Trinajstić information content (AvgIpc) is 3.40. The summed E-state index contributed by atoms with van der Waals surface area (Å²) in [6.07, 6.45) is 7.23. The Morgan fingerprint density at radius 2 is 2.29 bits per heavy atom. The van der Waals surface area contributed by atoms with Gasteiger partial charge in [-0.2, -0.15) is 0 Å². The van der Waals surface area contributed by atoms with Gasteiger partial charge in [0.2, 0.25) is 5.90 Å². The van der Waals surface area contributed by atoms with Gasteiger partial charge in [-0.05, 0) is 18.2 Å². The molecule has 5 rings (SSSR count). The van der Waals surface area contributed by atoms with E-state index < -0.39 is 0 Å². The van der Waals surface area contributed by atoms with E-state index in [1.54, 1.807) is 13.4 Å². The quantitative estimate of drug-likeness (QED) is 0.497. The van der Waals surface area contributed by atoms with Crippen LogP contribution in [0.4, 0.5) is 0 Å². The van der Waals surface area contributed by atoms with E-state index in [0.29, 0.717) is 42.2 Å². The lowest BCUT2D eigenvalue weighted by atomic mass is 10.1. The van der Waals surface area contributed by atoms with Gasteiger partial charge in [-0.15, -0.1) is 16.6 Å². The molecule has 1 atom stereocenters. The number of imidazole rings is 1. The number of hydrogen-bond acceptors (Lipinski definition) is 6. The minimum Gasteiger partial charge on any atom is -0.473 e. The summed E-state index contributed by atoms with van der Waals surface area (Å²) < 4.78 is 15.0. The van der Waals surface area contributed by atoms with Crippen LogP contribution in [0, 0.1) is 12.3 Å². The van der Waals surface area contributed by atoms with Crippen molar-refractivity contribution < 1.29 is 9.47 Å². The molecular weight excluding hydrogens is 380 g/mol. The van der Waals surface area contributed by atoms with Crippen molar-refractivity contribution in [3.63, 3.8) is 0 Å². The predicted octanol–water partition coefficient (Wildman–Crippen LogP) is 2.07. The summed E-state index contributed by atoms with van der Waals surface area (Å²) in [5, 5.41) is 9.30. The van der Waals surface area contributed by atoms with Crippen molar-refractivity contribution in [1.29, 1.82) is 0 Å². The van der Waals surface area contributed by atoms with E-state index in [-0.39, 0.29) is 6.04 Å². The fourth-order valence-corrected chi connectivity index (χ4v) is 3.66. The molecule has 2 aliphatic heterocycles. The van der Waals surface area contributed by atoms with Crippen LogP contribution in [0.2, 0.25) is 5.02 Å². The van der Waals surface area contributed by atoms with Crippen molar-refractivity contribution in [2.45, 2.75) is 19.2 Å². The molecule has 0 amide bonds. The molecule has 2 aromatic heterocycles. The van der Waals surface area contributed by atoms with Crippen LogP contribution >= 0.6 is 11.6 Å². The predicted molar refractivity (Wildman–Crippen MR) is 103 cm³/mol. The molecule has 0 fully saturated rings. The average molecular weight is 395 g/mol. The monoisotopic (exact) mass is 394 g/mol. The number of aromatic nitrogens is 5. The lowest BCUT2D eigenvalue weighted by molar-refractivity contribution is 0.174. The van der Waals surface area contributed by atoms with Crippen LogP contribution in [0.3, 0.4) is 0 Å². The number of terminal acetylenes is 1. The summed E-state index contributed by atoms with van der Waals surface area (Å²) in [7, 11) is 1.62. The lowest BCUT2D eigenvalue weighted by Crippen LogP contribution is -2.13. The molecule has 0 saturated carbocycles. The highest BCUT2D eigenvalue weighted by Crippen LogP contribution is 2.34. The van der Waals surface area contributed by atoms with Gasteiger partial charge in [0.1, 0.15) is 31.3 Å². The fraction of sp³-hybridized carbons (Fsp3) is 0.263. The third kappa shape index (κ3) is 2.52. The molecule has 4 heterocycles. The Hall–Kier alpha value is -3.15. The van der Waals surface area contributed by atoms with Crippen LogP contribution < -0.4 is 0 Å². The van der Waals surface area contributed by atoms with E-state index in [0.717, 1.165) is 22.8 Å². The molecule has 8 nitrogen and oxygen atoms in total. The van der Waals surface area contributed by atoms with Crippen molar-refractivity contribution in [2.24, 2.45) is 4.99 Å². The molecule has 0 saturated heterocycles. The van der Waals surface area contributed by atoms with Crippen LogP contribution in [0.1, 0.15) is 17.2 Å². The third-order valence-electron chi connectivity index (χ3n) is 4.78. The SMILES string of the molecule is C#C[C@H]1COC(c2ncn3c2Cn2c(COC)nnc2-c2cc(Cl)ccc2-3)=N1.